The minimum absolute atomic E-state index is 0.0102. The number of furan rings is 1. The minimum atomic E-state index is -0.739. The van der Waals surface area contributed by atoms with Crippen LogP contribution >= 0.6 is 0 Å². The summed E-state index contributed by atoms with van der Waals surface area (Å²) in [6.45, 7) is -0.0621. The zero-order chi connectivity index (χ0) is 25.6. The Morgan fingerprint density at radius 1 is 0.892 bits per heavy atom. The maximum Gasteiger partial charge on any atom is 0.374 e. The van der Waals surface area contributed by atoms with E-state index in [9.17, 15) is 14.4 Å². The van der Waals surface area contributed by atoms with Gasteiger partial charge >= 0.3 is 5.97 Å². The quantitative estimate of drug-likeness (QED) is 0.303. The SMILES string of the molecule is O=C(COC(=O)c1ccc(COc2ccc3ccccc3c2)o1)NCc1cccc(NC(=O)C2CC2)c1. The Morgan fingerprint density at radius 3 is 2.57 bits per heavy atom. The fraction of sp³-hybridized carbons (Fsp3) is 0.207. The van der Waals surface area contributed by atoms with Crippen molar-refractivity contribution >= 4 is 34.2 Å². The lowest BCUT2D eigenvalue weighted by molar-refractivity contribution is -0.124. The Labute approximate surface area is 213 Å². The monoisotopic (exact) mass is 498 g/mol. The van der Waals surface area contributed by atoms with Crippen molar-refractivity contribution in [3.8, 4) is 5.75 Å². The molecule has 1 aliphatic carbocycles. The predicted molar refractivity (Wildman–Crippen MR) is 137 cm³/mol. The first-order valence-corrected chi connectivity index (χ1v) is 12.1. The summed E-state index contributed by atoms with van der Waals surface area (Å²) in [4.78, 5) is 36.4. The second-order valence-electron chi connectivity index (χ2n) is 8.88. The van der Waals surface area contributed by atoms with E-state index in [1.54, 1.807) is 18.2 Å². The predicted octanol–water partition coefficient (Wildman–Crippen LogP) is 4.83. The number of anilines is 1. The molecular weight excluding hydrogens is 472 g/mol. The van der Waals surface area contributed by atoms with Gasteiger partial charge in [0.15, 0.2) is 6.61 Å². The average molecular weight is 499 g/mol. The second-order valence-corrected chi connectivity index (χ2v) is 8.88. The first-order chi connectivity index (χ1) is 18.0. The van der Waals surface area contributed by atoms with Crippen LogP contribution in [0.2, 0.25) is 0 Å². The summed E-state index contributed by atoms with van der Waals surface area (Å²) in [5.74, 6) is 0.0768. The van der Waals surface area contributed by atoms with E-state index in [2.05, 4.69) is 10.6 Å². The van der Waals surface area contributed by atoms with Crippen molar-refractivity contribution in [2.24, 2.45) is 5.92 Å². The van der Waals surface area contributed by atoms with Gasteiger partial charge in [-0.1, -0.05) is 42.5 Å². The van der Waals surface area contributed by atoms with Gasteiger partial charge in [0.1, 0.15) is 18.1 Å². The third-order valence-electron chi connectivity index (χ3n) is 5.93. The molecule has 1 aliphatic rings. The molecule has 4 aromatic rings. The van der Waals surface area contributed by atoms with Gasteiger partial charge in [0.2, 0.25) is 11.7 Å². The Kier molecular flexibility index (Phi) is 7.16. The van der Waals surface area contributed by atoms with Crippen molar-refractivity contribution in [1.29, 1.82) is 0 Å². The van der Waals surface area contributed by atoms with E-state index in [0.29, 0.717) is 17.2 Å². The molecule has 8 heteroatoms. The Hall–Kier alpha value is -4.59. The van der Waals surface area contributed by atoms with Crippen LogP contribution in [0, 0.1) is 5.92 Å². The van der Waals surface area contributed by atoms with Crippen LogP contribution in [0.25, 0.3) is 10.8 Å². The number of esters is 1. The number of hydrogen-bond acceptors (Lipinski definition) is 6. The maximum absolute atomic E-state index is 12.3. The van der Waals surface area contributed by atoms with Crippen LogP contribution in [-0.2, 0) is 27.5 Å². The van der Waals surface area contributed by atoms with Crippen molar-refractivity contribution in [2.75, 3.05) is 11.9 Å². The van der Waals surface area contributed by atoms with Gasteiger partial charge in [-0.3, -0.25) is 9.59 Å². The molecule has 0 radical (unpaired) electrons. The molecule has 1 saturated carbocycles. The lowest BCUT2D eigenvalue weighted by atomic mass is 10.1. The van der Waals surface area contributed by atoms with Crippen molar-refractivity contribution in [3.63, 3.8) is 0 Å². The number of amides is 2. The normalized spacial score (nSPS) is 12.6. The van der Waals surface area contributed by atoms with Gasteiger partial charge in [-0.15, -0.1) is 0 Å². The summed E-state index contributed by atoms with van der Waals surface area (Å²) in [6.07, 6.45) is 1.86. The molecule has 2 N–H and O–H groups in total. The van der Waals surface area contributed by atoms with E-state index in [0.717, 1.165) is 29.2 Å². The summed E-state index contributed by atoms with van der Waals surface area (Å²) < 4.78 is 16.4. The molecule has 37 heavy (non-hydrogen) atoms. The van der Waals surface area contributed by atoms with E-state index >= 15 is 0 Å². The molecule has 3 aromatic carbocycles. The van der Waals surface area contributed by atoms with Crippen molar-refractivity contribution in [1.82, 2.24) is 5.32 Å². The van der Waals surface area contributed by atoms with Gasteiger partial charge in [-0.2, -0.15) is 0 Å². The number of rotatable bonds is 10. The van der Waals surface area contributed by atoms with Crippen molar-refractivity contribution in [2.45, 2.75) is 26.0 Å². The molecule has 0 bridgehead atoms. The summed E-state index contributed by atoms with van der Waals surface area (Å²) in [7, 11) is 0. The lowest BCUT2D eigenvalue weighted by Gasteiger charge is -2.09. The van der Waals surface area contributed by atoms with Gasteiger partial charge in [0.25, 0.3) is 5.91 Å². The molecule has 0 atom stereocenters. The van der Waals surface area contributed by atoms with Gasteiger partial charge in [-0.05, 0) is 65.6 Å². The molecule has 0 spiro atoms. The number of fused-ring (bicyclic) bond motifs is 1. The van der Waals surface area contributed by atoms with Crippen LogP contribution in [-0.4, -0.2) is 24.4 Å². The number of nitrogens with one attached hydrogen (secondary N) is 2. The third-order valence-corrected chi connectivity index (χ3v) is 5.93. The maximum atomic E-state index is 12.3. The summed E-state index contributed by atoms with van der Waals surface area (Å²) in [5, 5.41) is 7.76. The molecule has 1 heterocycles. The number of ether oxygens (including phenoxy) is 2. The number of carbonyl (C=O) groups is 3. The number of benzene rings is 3. The summed E-state index contributed by atoms with van der Waals surface area (Å²) >= 11 is 0. The lowest BCUT2D eigenvalue weighted by Crippen LogP contribution is -2.28. The highest BCUT2D eigenvalue weighted by Crippen LogP contribution is 2.30. The average Bonchev–Trinajstić information content (AvgIpc) is 3.67. The Bertz CT molecular complexity index is 1440. The zero-order valence-electron chi connectivity index (χ0n) is 20.1. The third kappa shape index (κ3) is 6.55. The molecular formula is C29H26N2O6. The molecule has 8 nitrogen and oxygen atoms in total. The van der Waals surface area contributed by atoms with Crippen LogP contribution in [0.5, 0.6) is 5.75 Å². The van der Waals surface area contributed by atoms with Gasteiger partial charge < -0.3 is 24.5 Å². The largest absolute Gasteiger partial charge is 0.486 e. The molecule has 2 amide bonds. The molecule has 0 aliphatic heterocycles. The molecule has 1 fully saturated rings. The molecule has 0 saturated heterocycles. The van der Waals surface area contributed by atoms with Crippen molar-refractivity contribution < 1.29 is 28.3 Å². The zero-order valence-corrected chi connectivity index (χ0v) is 20.1. The van der Waals surface area contributed by atoms with E-state index < -0.39 is 18.5 Å². The Balaban J connectivity index is 1.05. The van der Waals surface area contributed by atoms with Crippen molar-refractivity contribution in [3.05, 3.63) is 95.9 Å². The molecule has 0 unspecified atom stereocenters. The molecule has 1 aromatic heterocycles. The fourth-order valence-corrected chi connectivity index (χ4v) is 3.78. The summed E-state index contributed by atoms with van der Waals surface area (Å²) in [6, 6.07) is 24.1. The van der Waals surface area contributed by atoms with Gasteiger partial charge in [-0.25, -0.2) is 4.79 Å². The highest BCUT2D eigenvalue weighted by Gasteiger charge is 2.29. The van der Waals surface area contributed by atoms with Crippen LogP contribution in [0.4, 0.5) is 5.69 Å². The molecule has 5 rings (SSSR count). The molecule has 188 valence electrons. The van der Waals surface area contributed by atoms with E-state index in [1.807, 2.05) is 54.6 Å². The Morgan fingerprint density at radius 2 is 1.73 bits per heavy atom. The van der Waals surface area contributed by atoms with Gasteiger partial charge in [0.05, 0.1) is 0 Å². The second kappa shape index (κ2) is 11.0. The van der Waals surface area contributed by atoms with Crippen LogP contribution < -0.4 is 15.4 Å². The first-order valence-electron chi connectivity index (χ1n) is 12.1. The van der Waals surface area contributed by atoms with Crippen LogP contribution in [0.1, 0.15) is 34.7 Å². The van der Waals surface area contributed by atoms with Crippen LogP contribution in [0.3, 0.4) is 0 Å². The van der Waals surface area contributed by atoms with E-state index in [4.69, 9.17) is 13.9 Å². The highest BCUT2D eigenvalue weighted by atomic mass is 16.6. The van der Waals surface area contributed by atoms with E-state index in [-0.39, 0.29) is 30.7 Å². The number of hydrogen-bond donors (Lipinski definition) is 2. The highest BCUT2D eigenvalue weighted by molar-refractivity contribution is 5.94. The van der Waals surface area contributed by atoms with Gasteiger partial charge in [0, 0.05) is 18.2 Å². The number of carbonyl (C=O) groups excluding carboxylic acids is 3. The standard InChI is InChI=1S/C29H26N2O6/c32-27(30-16-19-4-3-7-23(14-19)31-28(33)21-8-9-21)18-36-29(34)26-13-12-25(37-26)17-35-24-11-10-20-5-1-2-6-22(20)15-24/h1-7,10-15,21H,8-9,16-18H2,(H,30,32)(H,31,33). The van der Waals surface area contributed by atoms with E-state index in [1.165, 1.54) is 6.07 Å². The topological polar surface area (TPSA) is 107 Å². The van der Waals surface area contributed by atoms with Crippen LogP contribution in [0.15, 0.2) is 83.3 Å². The summed E-state index contributed by atoms with van der Waals surface area (Å²) in [5.41, 5.74) is 1.50. The first kappa shape index (κ1) is 24.1. The fourth-order valence-electron chi connectivity index (χ4n) is 3.78. The minimum Gasteiger partial charge on any atom is -0.486 e. The smallest absolute Gasteiger partial charge is 0.374 e.